The van der Waals surface area contributed by atoms with Crippen LogP contribution in [0.25, 0.3) is 5.57 Å². The molecule has 3 rings (SSSR count). The van der Waals surface area contributed by atoms with Crippen molar-refractivity contribution in [3.63, 3.8) is 0 Å². The number of nitrogens with zero attached hydrogens (tertiary/aromatic N) is 1. The molecule has 1 aliphatic carbocycles. The van der Waals surface area contributed by atoms with E-state index in [0.29, 0.717) is 4.90 Å². The molecule has 1 aromatic rings. The Kier molecular flexibility index (Phi) is 3.17. The number of hydrogen-bond acceptors (Lipinski definition) is 3. The van der Waals surface area contributed by atoms with Gasteiger partial charge in [0.2, 0.25) is 6.79 Å². The lowest BCUT2D eigenvalue weighted by Gasteiger charge is -2.37. The first-order chi connectivity index (χ1) is 10.5. The number of halogens is 6. The SMILES string of the molecule is CN(C)C1(C(F)(F)F)C=C(C(F)(F)F)c2cc3c(cc21)OCO3. The lowest BCUT2D eigenvalue weighted by molar-refractivity contribution is -0.211. The summed E-state index contributed by atoms with van der Waals surface area (Å²) in [6.07, 6.45) is -9.66. The van der Waals surface area contributed by atoms with Crippen LogP contribution in [-0.4, -0.2) is 38.1 Å². The number of fused-ring (bicyclic) bond motifs is 2. The van der Waals surface area contributed by atoms with E-state index in [9.17, 15) is 26.3 Å². The molecule has 0 fully saturated rings. The standard InChI is InChI=1S/C14H11F6NO2/c1-21(2)12(14(18,19)20)5-9(13(15,16)17)7-3-10-11(4-8(7)12)23-6-22-10/h3-5H,6H2,1-2H3. The van der Waals surface area contributed by atoms with Crippen LogP contribution in [0.1, 0.15) is 11.1 Å². The highest BCUT2D eigenvalue weighted by Gasteiger charge is 2.62. The summed E-state index contributed by atoms with van der Waals surface area (Å²) < 4.78 is 91.0. The predicted molar refractivity (Wildman–Crippen MR) is 68.0 cm³/mol. The first-order valence-corrected chi connectivity index (χ1v) is 6.47. The van der Waals surface area contributed by atoms with Crippen molar-refractivity contribution in [2.24, 2.45) is 0 Å². The zero-order chi connectivity index (χ0) is 17.2. The van der Waals surface area contributed by atoms with Crippen molar-refractivity contribution in [1.29, 1.82) is 0 Å². The average Bonchev–Trinajstić information content (AvgIpc) is 2.95. The quantitative estimate of drug-likeness (QED) is 0.729. The van der Waals surface area contributed by atoms with Gasteiger partial charge in [-0.25, -0.2) is 0 Å². The molecule has 0 saturated heterocycles. The summed E-state index contributed by atoms with van der Waals surface area (Å²) in [5, 5.41) is 0. The summed E-state index contributed by atoms with van der Waals surface area (Å²) in [6, 6.07) is 1.92. The van der Waals surface area contributed by atoms with Gasteiger partial charge in [-0.05, 0) is 43.4 Å². The summed E-state index contributed by atoms with van der Waals surface area (Å²) in [7, 11) is 2.16. The van der Waals surface area contributed by atoms with Crippen molar-refractivity contribution in [3.05, 3.63) is 29.3 Å². The van der Waals surface area contributed by atoms with Crippen LogP contribution in [0.15, 0.2) is 18.2 Å². The molecule has 0 aromatic heterocycles. The minimum Gasteiger partial charge on any atom is -0.454 e. The molecule has 23 heavy (non-hydrogen) atoms. The molecule has 3 nitrogen and oxygen atoms in total. The fourth-order valence-corrected chi connectivity index (χ4v) is 2.94. The maximum absolute atomic E-state index is 13.7. The van der Waals surface area contributed by atoms with Gasteiger partial charge in [0.25, 0.3) is 0 Å². The van der Waals surface area contributed by atoms with E-state index < -0.39 is 34.6 Å². The van der Waals surface area contributed by atoms with E-state index in [0.717, 1.165) is 26.2 Å². The van der Waals surface area contributed by atoms with E-state index in [1.165, 1.54) is 0 Å². The second-order valence-corrected chi connectivity index (χ2v) is 5.47. The lowest BCUT2D eigenvalue weighted by Crippen LogP contribution is -2.50. The number of ether oxygens (including phenoxy) is 2. The Labute approximate surface area is 127 Å². The highest BCUT2D eigenvalue weighted by Crippen LogP contribution is 2.57. The van der Waals surface area contributed by atoms with E-state index >= 15 is 0 Å². The zero-order valence-electron chi connectivity index (χ0n) is 12.0. The van der Waals surface area contributed by atoms with Crippen LogP contribution >= 0.6 is 0 Å². The molecule has 0 amide bonds. The van der Waals surface area contributed by atoms with Gasteiger partial charge in [-0.15, -0.1) is 0 Å². The van der Waals surface area contributed by atoms with E-state index in [1.54, 1.807) is 0 Å². The zero-order valence-corrected chi connectivity index (χ0v) is 12.0. The molecule has 0 N–H and O–H groups in total. The van der Waals surface area contributed by atoms with Crippen LogP contribution in [0.2, 0.25) is 0 Å². The molecule has 1 atom stereocenters. The molecule has 1 aliphatic heterocycles. The number of benzene rings is 1. The van der Waals surface area contributed by atoms with Crippen LogP contribution in [-0.2, 0) is 5.54 Å². The van der Waals surface area contributed by atoms with Crippen molar-refractivity contribution in [1.82, 2.24) is 4.90 Å². The number of likely N-dealkylation sites (N-methyl/N-ethyl adjacent to an activating group) is 1. The van der Waals surface area contributed by atoms with Gasteiger partial charge in [-0.3, -0.25) is 4.90 Å². The largest absolute Gasteiger partial charge is 0.454 e. The molecule has 1 aromatic carbocycles. The molecule has 9 heteroatoms. The molecule has 0 saturated carbocycles. The Balaban J connectivity index is 2.35. The Morgan fingerprint density at radius 2 is 1.57 bits per heavy atom. The second kappa shape index (κ2) is 4.56. The molecular formula is C14H11F6NO2. The van der Waals surface area contributed by atoms with Gasteiger partial charge in [0.05, 0.1) is 5.57 Å². The number of hydrogen-bond donors (Lipinski definition) is 0. The molecule has 126 valence electrons. The smallest absolute Gasteiger partial charge is 0.416 e. The van der Waals surface area contributed by atoms with Gasteiger partial charge in [-0.1, -0.05) is 0 Å². The Hall–Kier alpha value is -1.90. The van der Waals surface area contributed by atoms with Gasteiger partial charge in [-0.2, -0.15) is 26.3 Å². The third-order valence-electron chi connectivity index (χ3n) is 4.01. The van der Waals surface area contributed by atoms with Crippen molar-refractivity contribution in [2.45, 2.75) is 17.9 Å². The summed E-state index contributed by atoms with van der Waals surface area (Å²) >= 11 is 0. The molecule has 1 unspecified atom stereocenters. The maximum atomic E-state index is 13.7. The van der Waals surface area contributed by atoms with Gasteiger partial charge in [0.15, 0.2) is 17.0 Å². The third-order valence-corrected chi connectivity index (χ3v) is 4.01. The van der Waals surface area contributed by atoms with Crippen LogP contribution in [0.4, 0.5) is 26.3 Å². The molecular weight excluding hydrogens is 328 g/mol. The van der Waals surface area contributed by atoms with Crippen LogP contribution in [0.3, 0.4) is 0 Å². The minimum atomic E-state index is -4.95. The molecule has 1 heterocycles. The lowest BCUT2D eigenvalue weighted by atomic mass is 9.89. The molecule has 0 radical (unpaired) electrons. The van der Waals surface area contributed by atoms with Crippen molar-refractivity contribution >= 4 is 5.57 Å². The normalized spacial score (nSPS) is 23.3. The van der Waals surface area contributed by atoms with Gasteiger partial charge < -0.3 is 9.47 Å². The minimum absolute atomic E-state index is 0.00366. The highest BCUT2D eigenvalue weighted by atomic mass is 19.4. The molecule has 2 aliphatic rings. The maximum Gasteiger partial charge on any atom is 0.416 e. The fraction of sp³-hybridized carbons (Fsp3) is 0.429. The first kappa shape index (κ1) is 16.0. The number of alkyl halides is 6. The summed E-state index contributed by atoms with van der Waals surface area (Å²) in [5.41, 5.74) is -5.29. The number of allylic oxidation sites excluding steroid dienone is 1. The predicted octanol–water partition coefficient (Wildman–Crippen LogP) is 3.69. The fourth-order valence-electron chi connectivity index (χ4n) is 2.94. The Morgan fingerprint density at radius 3 is 2.04 bits per heavy atom. The van der Waals surface area contributed by atoms with E-state index in [4.69, 9.17) is 9.47 Å². The summed E-state index contributed by atoms with van der Waals surface area (Å²) in [5.74, 6) is -0.00770. The molecule has 0 bridgehead atoms. The molecule has 0 spiro atoms. The summed E-state index contributed by atoms with van der Waals surface area (Å²) in [4.78, 5) is 0.715. The Bertz CT molecular complexity index is 692. The Morgan fingerprint density at radius 1 is 1.00 bits per heavy atom. The van der Waals surface area contributed by atoms with Gasteiger partial charge in [0, 0.05) is 0 Å². The van der Waals surface area contributed by atoms with E-state index in [-0.39, 0.29) is 24.4 Å². The van der Waals surface area contributed by atoms with E-state index in [2.05, 4.69) is 0 Å². The third kappa shape index (κ3) is 2.09. The second-order valence-electron chi connectivity index (χ2n) is 5.47. The monoisotopic (exact) mass is 339 g/mol. The average molecular weight is 339 g/mol. The van der Waals surface area contributed by atoms with Crippen molar-refractivity contribution in [2.75, 3.05) is 20.9 Å². The van der Waals surface area contributed by atoms with Crippen LogP contribution in [0, 0.1) is 0 Å². The van der Waals surface area contributed by atoms with Gasteiger partial charge >= 0.3 is 12.4 Å². The van der Waals surface area contributed by atoms with Crippen LogP contribution < -0.4 is 9.47 Å². The van der Waals surface area contributed by atoms with Crippen LogP contribution in [0.5, 0.6) is 11.5 Å². The first-order valence-electron chi connectivity index (χ1n) is 6.47. The van der Waals surface area contributed by atoms with E-state index in [1.807, 2.05) is 0 Å². The van der Waals surface area contributed by atoms with Crippen molar-refractivity contribution < 1.29 is 35.8 Å². The number of rotatable bonds is 1. The van der Waals surface area contributed by atoms with Crippen molar-refractivity contribution in [3.8, 4) is 11.5 Å². The highest BCUT2D eigenvalue weighted by molar-refractivity contribution is 5.82. The topological polar surface area (TPSA) is 21.7 Å². The van der Waals surface area contributed by atoms with Gasteiger partial charge in [0.1, 0.15) is 0 Å². The summed E-state index contributed by atoms with van der Waals surface area (Å²) in [6.45, 7) is -0.246.